The van der Waals surface area contributed by atoms with Crippen molar-refractivity contribution < 1.29 is 14.7 Å². The smallest absolute Gasteiger partial charge is 0.322 e. The molecule has 1 aliphatic rings. The number of amides is 2. The Bertz CT molecular complexity index is 493. The maximum absolute atomic E-state index is 12.0. The fraction of sp³-hybridized carbons (Fsp3) is 0.667. The van der Waals surface area contributed by atoms with Gasteiger partial charge in [0.2, 0.25) is 5.95 Å². The van der Waals surface area contributed by atoms with Gasteiger partial charge in [0.1, 0.15) is 6.33 Å². The number of hydrogen-bond acceptors (Lipinski definition) is 4. The zero-order valence-corrected chi connectivity index (χ0v) is 11.4. The molecule has 0 saturated heterocycles. The second-order valence-electron chi connectivity index (χ2n) is 5.20. The van der Waals surface area contributed by atoms with Crippen LogP contribution in [0.1, 0.15) is 38.5 Å². The normalized spacial score (nSPS) is 17.4. The first-order chi connectivity index (χ1) is 9.51. The molecule has 8 heteroatoms. The minimum atomic E-state index is -0.897. The predicted octanol–water partition coefficient (Wildman–Crippen LogP) is 1.11. The summed E-state index contributed by atoms with van der Waals surface area (Å²) >= 11 is 0. The van der Waals surface area contributed by atoms with Crippen molar-refractivity contribution in [3.63, 3.8) is 0 Å². The van der Waals surface area contributed by atoms with Crippen LogP contribution in [-0.4, -0.2) is 37.4 Å². The van der Waals surface area contributed by atoms with E-state index < -0.39 is 17.5 Å². The van der Waals surface area contributed by atoms with Crippen LogP contribution in [0.5, 0.6) is 0 Å². The summed E-state index contributed by atoms with van der Waals surface area (Å²) in [5.41, 5.74) is -0.660. The third kappa shape index (κ3) is 3.46. The number of nitrogens with one attached hydrogen (secondary N) is 2. The lowest BCUT2D eigenvalue weighted by Gasteiger charge is -2.36. The average molecular weight is 281 g/mol. The molecule has 0 aliphatic heterocycles. The number of aliphatic carboxylic acids is 1. The molecule has 1 aliphatic carbocycles. The first-order valence-corrected chi connectivity index (χ1v) is 6.66. The van der Waals surface area contributed by atoms with E-state index in [1.807, 2.05) is 0 Å². The lowest BCUT2D eigenvalue weighted by molar-refractivity contribution is -0.138. The number of carbonyl (C=O) groups excluding carboxylic acids is 1. The summed E-state index contributed by atoms with van der Waals surface area (Å²) in [4.78, 5) is 26.9. The molecule has 8 nitrogen and oxygen atoms in total. The van der Waals surface area contributed by atoms with E-state index in [4.69, 9.17) is 5.11 Å². The van der Waals surface area contributed by atoms with Gasteiger partial charge in [0.05, 0.1) is 12.0 Å². The molecule has 20 heavy (non-hydrogen) atoms. The van der Waals surface area contributed by atoms with Gasteiger partial charge in [-0.05, 0) is 12.8 Å². The molecule has 0 atom stereocenters. The highest BCUT2D eigenvalue weighted by atomic mass is 16.4. The summed E-state index contributed by atoms with van der Waals surface area (Å²) in [6, 6.07) is -0.441. The van der Waals surface area contributed by atoms with Crippen LogP contribution >= 0.6 is 0 Å². The van der Waals surface area contributed by atoms with Crippen LogP contribution in [0, 0.1) is 0 Å². The van der Waals surface area contributed by atoms with E-state index in [9.17, 15) is 9.59 Å². The van der Waals surface area contributed by atoms with Gasteiger partial charge in [0.15, 0.2) is 0 Å². The Balaban J connectivity index is 2.01. The summed E-state index contributed by atoms with van der Waals surface area (Å²) < 4.78 is 1.43. The molecule has 1 heterocycles. The fourth-order valence-electron chi connectivity index (χ4n) is 2.65. The van der Waals surface area contributed by atoms with Gasteiger partial charge in [-0.3, -0.25) is 10.1 Å². The molecule has 3 N–H and O–H groups in total. The molecule has 1 saturated carbocycles. The predicted molar refractivity (Wildman–Crippen MR) is 71.2 cm³/mol. The van der Waals surface area contributed by atoms with Gasteiger partial charge in [0, 0.05) is 7.05 Å². The summed E-state index contributed by atoms with van der Waals surface area (Å²) in [6.45, 7) is 0. The van der Waals surface area contributed by atoms with Gasteiger partial charge in [0.25, 0.3) is 0 Å². The highest BCUT2D eigenvalue weighted by molar-refractivity contribution is 5.88. The number of urea groups is 1. The maximum atomic E-state index is 12.0. The van der Waals surface area contributed by atoms with E-state index in [0.717, 1.165) is 19.3 Å². The summed E-state index contributed by atoms with van der Waals surface area (Å²) in [5, 5.41) is 18.3. The van der Waals surface area contributed by atoms with E-state index in [-0.39, 0.29) is 6.42 Å². The van der Waals surface area contributed by atoms with E-state index in [1.54, 1.807) is 7.05 Å². The van der Waals surface area contributed by atoms with E-state index in [0.29, 0.717) is 18.8 Å². The van der Waals surface area contributed by atoms with Crippen LogP contribution in [-0.2, 0) is 11.8 Å². The lowest BCUT2D eigenvalue weighted by Crippen LogP contribution is -2.52. The maximum Gasteiger partial charge on any atom is 0.322 e. The molecule has 1 fully saturated rings. The largest absolute Gasteiger partial charge is 0.481 e. The van der Waals surface area contributed by atoms with Crippen molar-refractivity contribution in [2.75, 3.05) is 5.32 Å². The molecule has 1 aromatic heterocycles. The van der Waals surface area contributed by atoms with Crippen molar-refractivity contribution in [2.24, 2.45) is 7.05 Å². The van der Waals surface area contributed by atoms with E-state index in [2.05, 4.69) is 20.7 Å². The van der Waals surface area contributed by atoms with Gasteiger partial charge < -0.3 is 10.4 Å². The van der Waals surface area contributed by atoms with Crippen LogP contribution < -0.4 is 10.6 Å². The van der Waals surface area contributed by atoms with Crippen molar-refractivity contribution in [3.8, 4) is 0 Å². The number of hydrogen-bond donors (Lipinski definition) is 3. The Kier molecular flexibility index (Phi) is 4.21. The summed E-state index contributed by atoms with van der Waals surface area (Å²) in [5.74, 6) is -0.574. The molecule has 0 spiro atoms. The van der Waals surface area contributed by atoms with Gasteiger partial charge >= 0.3 is 12.0 Å². The SMILES string of the molecule is Cn1ncnc1NC(=O)NC1(CC(=O)O)CCCCC1. The third-order valence-electron chi connectivity index (χ3n) is 3.62. The number of aromatic nitrogens is 3. The molecule has 0 unspecified atom stereocenters. The minimum Gasteiger partial charge on any atom is -0.481 e. The molecule has 1 aromatic rings. The summed E-state index contributed by atoms with van der Waals surface area (Å²) in [7, 11) is 1.66. The number of nitrogens with zero attached hydrogens (tertiary/aromatic N) is 3. The van der Waals surface area contributed by atoms with Crippen LogP contribution in [0.25, 0.3) is 0 Å². The van der Waals surface area contributed by atoms with Crippen molar-refractivity contribution in [2.45, 2.75) is 44.1 Å². The van der Waals surface area contributed by atoms with E-state index >= 15 is 0 Å². The highest BCUT2D eigenvalue weighted by Gasteiger charge is 2.36. The van der Waals surface area contributed by atoms with Crippen LogP contribution in [0.15, 0.2) is 6.33 Å². The van der Waals surface area contributed by atoms with Crippen LogP contribution in [0.3, 0.4) is 0 Å². The Morgan fingerprint density at radius 1 is 1.40 bits per heavy atom. The highest BCUT2D eigenvalue weighted by Crippen LogP contribution is 2.31. The van der Waals surface area contributed by atoms with Gasteiger partial charge in [-0.1, -0.05) is 19.3 Å². The van der Waals surface area contributed by atoms with Gasteiger partial charge in [-0.25, -0.2) is 9.48 Å². The number of carboxylic acid groups (broad SMARTS) is 1. The van der Waals surface area contributed by atoms with Gasteiger partial charge in [-0.2, -0.15) is 10.1 Å². The number of rotatable bonds is 4. The number of carbonyl (C=O) groups is 2. The minimum absolute atomic E-state index is 0.0563. The second-order valence-corrected chi connectivity index (χ2v) is 5.20. The van der Waals surface area contributed by atoms with Crippen molar-refractivity contribution >= 4 is 17.9 Å². The Morgan fingerprint density at radius 3 is 2.65 bits per heavy atom. The first kappa shape index (κ1) is 14.3. The Labute approximate surface area is 116 Å². The molecular weight excluding hydrogens is 262 g/mol. The molecule has 0 bridgehead atoms. The van der Waals surface area contributed by atoms with Crippen molar-refractivity contribution in [1.82, 2.24) is 20.1 Å². The molecular formula is C12H19N5O3. The number of carboxylic acids is 1. The van der Waals surface area contributed by atoms with Gasteiger partial charge in [-0.15, -0.1) is 0 Å². The second kappa shape index (κ2) is 5.89. The lowest BCUT2D eigenvalue weighted by atomic mass is 9.79. The molecule has 110 valence electrons. The van der Waals surface area contributed by atoms with E-state index in [1.165, 1.54) is 11.0 Å². The molecule has 2 amide bonds. The molecule has 0 radical (unpaired) electrons. The molecule has 2 rings (SSSR count). The fourth-order valence-corrected chi connectivity index (χ4v) is 2.65. The van der Waals surface area contributed by atoms with Crippen LogP contribution in [0.4, 0.5) is 10.7 Å². The summed E-state index contributed by atoms with van der Waals surface area (Å²) in [6.07, 6.45) is 5.59. The zero-order valence-electron chi connectivity index (χ0n) is 11.4. The quantitative estimate of drug-likeness (QED) is 0.766. The Morgan fingerprint density at radius 2 is 2.10 bits per heavy atom. The van der Waals surface area contributed by atoms with Crippen molar-refractivity contribution in [1.29, 1.82) is 0 Å². The monoisotopic (exact) mass is 281 g/mol. The number of aryl methyl sites for hydroxylation is 1. The topological polar surface area (TPSA) is 109 Å². The molecule has 0 aromatic carbocycles. The van der Waals surface area contributed by atoms with Crippen molar-refractivity contribution in [3.05, 3.63) is 6.33 Å². The zero-order chi connectivity index (χ0) is 14.6. The Hall–Kier alpha value is -2.12. The third-order valence-corrected chi connectivity index (χ3v) is 3.62. The standard InChI is InChI=1S/C12H19N5O3/c1-17-10(13-8-14-17)15-11(20)16-12(7-9(18)19)5-3-2-4-6-12/h8H,2-7H2,1H3,(H,18,19)(H2,13,14,15,16,20). The first-order valence-electron chi connectivity index (χ1n) is 6.66. The number of anilines is 1. The van der Waals surface area contributed by atoms with Crippen LogP contribution in [0.2, 0.25) is 0 Å². The average Bonchev–Trinajstić information content (AvgIpc) is 2.74.